The van der Waals surface area contributed by atoms with Crippen molar-refractivity contribution in [1.29, 1.82) is 0 Å². The van der Waals surface area contributed by atoms with Crippen LogP contribution in [0.4, 0.5) is 22.0 Å². The lowest BCUT2D eigenvalue weighted by Gasteiger charge is -2.26. The Labute approximate surface area is 105 Å². The highest BCUT2D eigenvalue weighted by Gasteiger charge is 2.44. The molecule has 102 valence electrons. The minimum atomic E-state index is -4.30. The Kier molecular flexibility index (Phi) is 3.86. The molecule has 0 aliphatic heterocycles. The summed E-state index contributed by atoms with van der Waals surface area (Å²) in [5.41, 5.74) is 0. The van der Waals surface area contributed by atoms with E-state index in [9.17, 15) is 26.5 Å². The molecule has 0 bridgehead atoms. The SMILES string of the molecule is CC(C)(C)P(=O)(Cl)c1c(F)c(F)c(F)c(F)c1F. The van der Waals surface area contributed by atoms with Gasteiger partial charge in [0.1, 0.15) is 5.30 Å². The van der Waals surface area contributed by atoms with Crippen LogP contribution in [0.1, 0.15) is 20.8 Å². The van der Waals surface area contributed by atoms with Gasteiger partial charge in [0.2, 0.25) is 12.3 Å². The molecule has 0 aromatic heterocycles. The van der Waals surface area contributed by atoms with Crippen LogP contribution in [-0.2, 0) is 4.57 Å². The molecule has 1 unspecified atom stereocenters. The predicted molar refractivity (Wildman–Crippen MR) is 59.1 cm³/mol. The van der Waals surface area contributed by atoms with E-state index in [1.54, 1.807) is 0 Å². The van der Waals surface area contributed by atoms with Gasteiger partial charge in [-0.05, 0) is 11.2 Å². The monoisotopic (exact) mass is 306 g/mol. The van der Waals surface area contributed by atoms with Gasteiger partial charge in [0.25, 0.3) is 0 Å². The molecule has 0 radical (unpaired) electrons. The average Bonchev–Trinajstić information content (AvgIpc) is 2.22. The van der Waals surface area contributed by atoms with E-state index in [-0.39, 0.29) is 0 Å². The van der Waals surface area contributed by atoms with Crippen molar-refractivity contribution in [2.45, 2.75) is 25.9 Å². The van der Waals surface area contributed by atoms with Crippen LogP contribution in [-0.4, -0.2) is 5.16 Å². The quantitative estimate of drug-likeness (QED) is 0.327. The topological polar surface area (TPSA) is 17.1 Å². The molecule has 18 heavy (non-hydrogen) atoms. The zero-order chi connectivity index (χ0) is 14.5. The molecule has 0 fully saturated rings. The van der Waals surface area contributed by atoms with Crippen LogP contribution in [0, 0.1) is 29.1 Å². The van der Waals surface area contributed by atoms with E-state index in [1.165, 1.54) is 20.8 Å². The van der Waals surface area contributed by atoms with Gasteiger partial charge in [-0.2, -0.15) is 0 Å². The van der Waals surface area contributed by atoms with Crippen molar-refractivity contribution in [2.24, 2.45) is 0 Å². The lowest BCUT2D eigenvalue weighted by Crippen LogP contribution is -2.27. The summed E-state index contributed by atoms with van der Waals surface area (Å²) in [6, 6.07) is 0. The molecule has 1 atom stereocenters. The van der Waals surface area contributed by atoms with E-state index in [2.05, 4.69) is 0 Å². The van der Waals surface area contributed by atoms with Crippen molar-refractivity contribution < 1.29 is 26.5 Å². The summed E-state index contributed by atoms with van der Waals surface area (Å²) in [4.78, 5) is 0. The maximum atomic E-state index is 13.5. The first kappa shape index (κ1) is 15.4. The number of rotatable bonds is 1. The molecular weight excluding hydrogens is 298 g/mol. The summed E-state index contributed by atoms with van der Waals surface area (Å²) >= 11 is 5.56. The molecule has 0 aliphatic rings. The van der Waals surface area contributed by atoms with Gasteiger partial charge in [-0.25, -0.2) is 22.0 Å². The van der Waals surface area contributed by atoms with E-state index < -0.39 is 46.0 Å². The van der Waals surface area contributed by atoms with Crippen molar-refractivity contribution in [1.82, 2.24) is 0 Å². The molecular formula is C10H9ClF5OP. The molecule has 8 heteroatoms. The highest BCUT2D eigenvalue weighted by Crippen LogP contribution is 2.62. The van der Waals surface area contributed by atoms with E-state index in [4.69, 9.17) is 11.2 Å². The summed E-state index contributed by atoms with van der Waals surface area (Å²) in [7, 11) is 0. The van der Waals surface area contributed by atoms with Crippen LogP contribution >= 0.6 is 17.7 Å². The second-order valence-electron chi connectivity index (χ2n) is 4.62. The summed E-state index contributed by atoms with van der Waals surface area (Å²) in [6.07, 6.45) is 0. The van der Waals surface area contributed by atoms with Crippen molar-refractivity contribution in [3.8, 4) is 0 Å². The molecule has 1 rings (SSSR count). The molecule has 1 nitrogen and oxygen atoms in total. The minimum absolute atomic E-state index is 1.28. The molecule has 0 aliphatic carbocycles. The molecule has 0 heterocycles. The maximum Gasteiger partial charge on any atom is 0.208 e. The van der Waals surface area contributed by atoms with Crippen molar-refractivity contribution in [3.05, 3.63) is 29.1 Å². The third-order valence-electron chi connectivity index (χ3n) is 2.34. The molecule has 1 aromatic carbocycles. The van der Waals surface area contributed by atoms with Gasteiger partial charge in [-0.15, -0.1) is 0 Å². The number of halogens is 6. The first-order valence-electron chi connectivity index (χ1n) is 4.74. The molecule has 0 amide bonds. The van der Waals surface area contributed by atoms with Gasteiger partial charge in [0.05, 0.1) is 0 Å². The van der Waals surface area contributed by atoms with Crippen molar-refractivity contribution in [3.63, 3.8) is 0 Å². The minimum Gasteiger partial charge on any atom is -0.301 e. The fraction of sp³-hybridized carbons (Fsp3) is 0.400. The largest absolute Gasteiger partial charge is 0.301 e. The van der Waals surface area contributed by atoms with Crippen LogP contribution in [0.2, 0.25) is 0 Å². The van der Waals surface area contributed by atoms with Crippen molar-refractivity contribution in [2.75, 3.05) is 0 Å². The highest BCUT2D eigenvalue weighted by molar-refractivity contribution is 7.96. The first-order valence-corrected chi connectivity index (χ1v) is 7.36. The number of hydrogen-bond donors (Lipinski definition) is 0. The molecule has 0 spiro atoms. The van der Waals surface area contributed by atoms with Crippen molar-refractivity contribution >= 4 is 23.0 Å². The van der Waals surface area contributed by atoms with E-state index in [0.29, 0.717) is 0 Å². The van der Waals surface area contributed by atoms with E-state index in [0.717, 1.165) is 0 Å². The number of benzene rings is 1. The van der Waals surface area contributed by atoms with Gasteiger partial charge in [0, 0.05) is 5.16 Å². The zero-order valence-electron chi connectivity index (χ0n) is 9.62. The predicted octanol–water partition coefficient (Wildman–Crippen LogP) is 4.32. The maximum absolute atomic E-state index is 13.5. The smallest absolute Gasteiger partial charge is 0.208 e. The summed E-state index contributed by atoms with van der Waals surface area (Å²) < 4.78 is 77.8. The molecule has 1 aromatic rings. The Morgan fingerprint density at radius 3 is 1.39 bits per heavy atom. The fourth-order valence-electron chi connectivity index (χ4n) is 1.18. The average molecular weight is 307 g/mol. The van der Waals surface area contributed by atoms with Gasteiger partial charge in [0.15, 0.2) is 23.3 Å². The normalized spacial score (nSPS) is 15.6. The van der Waals surface area contributed by atoms with Crippen LogP contribution < -0.4 is 5.30 Å². The number of hydrogen-bond acceptors (Lipinski definition) is 1. The molecule has 0 N–H and O–H groups in total. The van der Waals surface area contributed by atoms with Crippen LogP contribution in [0.25, 0.3) is 0 Å². The Hall–Kier alpha value is -0.610. The van der Waals surface area contributed by atoms with Crippen LogP contribution in [0.3, 0.4) is 0 Å². The fourth-order valence-corrected chi connectivity index (χ4v) is 3.00. The van der Waals surface area contributed by atoms with Gasteiger partial charge >= 0.3 is 0 Å². The summed E-state index contributed by atoms with van der Waals surface area (Å²) in [5, 5.41) is -2.81. The Balaban J connectivity index is 3.79. The third-order valence-corrected chi connectivity index (χ3v) is 7.06. The first-order chi connectivity index (χ1) is 7.93. The second kappa shape index (κ2) is 4.49. The van der Waals surface area contributed by atoms with E-state index >= 15 is 0 Å². The third kappa shape index (κ3) is 2.16. The Morgan fingerprint density at radius 1 is 0.833 bits per heavy atom. The van der Waals surface area contributed by atoms with Gasteiger partial charge in [-0.1, -0.05) is 20.8 Å². The second-order valence-corrected chi connectivity index (χ2v) is 8.90. The highest BCUT2D eigenvalue weighted by atomic mass is 35.7. The van der Waals surface area contributed by atoms with Crippen LogP contribution in [0.15, 0.2) is 0 Å². The lowest BCUT2D eigenvalue weighted by molar-refractivity contribution is 0.383. The summed E-state index contributed by atoms with van der Waals surface area (Å²) in [5.74, 6) is -10.9. The van der Waals surface area contributed by atoms with Gasteiger partial charge in [-0.3, -0.25) is 0 Å². The lowest BCUT2D eigenvalue weighted by atomic mass is 10.2. The standard InChI is InChI=1S/C10H9ClF5OP/c1-10(2,3)18(11,17)9-7(15)5(13)4(12)6(14)8(9)16/h1-3H3. The van der Waals surface area contributed by atoms with E-state index in [1.807, 2.05) is 0 Å². The summed E-state index contributed by atoms with van der Waals surface area (Å²) in [6.45, 7) is -0.472. The molecule has 0 saturated heterocycles. The van der Waals surface area contributed by atoms with Crippen LogP contribution in [0.5, 0.6) is 0 Å². The van der Waals surface area contributed by atoms with Gasteiger partial charge < -0.3 is 4.57 Å². The zero-order valence-corrected chi connectivity index (χ0v) is 11.3. The molecule has 0 saturated carbocycles. The Morgan fingerprint density at radius 2 is 1.11 bits per heavy atom. The Bertz CT molecular complexity index is 523.